The first-order chi connectivity index (χ1) is 4.43. The summed E-state index contributed by atoms with van der Waals surface area (Å²) in [6.45, 7) is 0. The van der Waals surface area contributed by atoms with Gasteiger partial charge >= 0.3 is 0 Å². The van der Waals surface area contributed by atoms with E-state index in [0.717, 1.165) is 5.56 Å². The molecule has 1 aromatic heterocycles. The minimum atomic E-state index is 0.390. The number of nitriles is 1. The molecule has 0 saturated carbocycles. The zero-order valence-electron chi connectivity index (χ0n) is 4.78. The van der Waals surface area contributed by atoms with Gasteiger partial charge in [0, 0.05) is 18.0 Å². The molecule has 0 bridgehead atoms. The molecule has 44 valence electrons. The van der Waals surface area contributed by atoms with Crippen molar-refractivity contribution < 1.29 is 0 Å². The SMILES string of the molecule is N#CCc1cncnc1. The van der Waals surface area contributed by atoms with Gasteiger partial charge in [-0.1, -0.05) is 0 Å². The summed E-state index contributed by atoms with van der Waals surface area (Å²) >= 11 is 0. The van der Waals surface area contributed by atoms with Crippen LogP contribution in [-0.2, 0) is 6.42 Å². The van der Waals surface area contributed by atoms with Crippen molar-refractivity contribution >= 4 is 0 Å². The molecule has 0 aromatic carbocycles. The molecule has 0 saturated heterocycles. The molecule has 1 aromatic rings. The van der Waals surface area contributed by atoms with Crippen LogP contribution < -0.4 is 0 Å². The van der Waals surface area contributed by atoms with E-state index in [2.05, 4.69) is 9.97 Å². The third-order valence-electron chi connectivity index (χ3n) is 0.897. The summed E-state index contributed by atoms with van der Waals surface area (Å²) in [5.74, 6) is 0. The number of hydrogen-bond acceptors (Lipinski definition) is 3. The number of rotatable bonds is 1. The molecule has 0 N–H and O–H groups in total. The van der Waals surface area contributed by atoms with E-state index in [1.54, 1.807) is 12.4 Å². The molecule has 0 aliphatic rings. The van der Waals surface area contributed by atoms with Gasteiger partial charge in [0.2, 0.25) is 0 Å². The molecule has 3 nitrogen and oxygen atoms in total. The molecule has 9 heavy (non-hydrogen) atoms. The Morgan fingerprint density at radius 3 is 2.67 bits per heavy atom. The van der Waals surface area contributed by atoms with Crippen LogP contribution in [0.5, 0.6) is 0 Å². The fourth-order valence-corrected chi connectivity index (χ4v) is 0.513. The summed E-state index contributed by atoms with van der Waals surface area (Å²) in [6, 6.07) is 2.00. The first kappa shape index (κ1) is 5.70. The molecule has 3 heteroatoms. The van der Waals surface area contributed by atoms with E-state index in [1.165, 1.54) is 6.33 Å². The Morgan fingerprint density at radius 1 is 1.44 bits per heavy atom. The van der Waals surface area contributed by atoms with E-state index in [-0.39, 0.29) is 0 Å². The maximum absolute atomic E-state index is 8.21. The summed E-state index contributed by atoms with van der Waals surface area (Å²) in [6.07, 6.45) is 5.11. The fourth-order valence-electron chi connectivity index (χ4n) is 0.513. The van der Waals surface area contributed by atoms with E-state index in [1.807, 2.05) is 6.07 Å². The van der Waals surface area contributed by atoms with E-state index in [9.17, 15) is 0 Å². The molecule has 0 spiro atoms. The third-order valence-corrected chi connectivity index (χ3v) is 0.897. The molecular formula is C6H5N3. The normalized spacial score (nSPS) is 8.33. The monoisotopic (exact) mass is 119 g/mol. The Labute approximate surface area is 53.0 Å². The zero-order valence-corrected chi connectivity index (χ0v) is 4.78. The Balaban J connectivity index is 2.76. The van der Waals surface area contributed by atoms with Crippen molar-refractivity contribution in [2.45, 2.75) is 6.42 Å². The second kappa shape index (κ2) is 2.78. The number of nitrogens with zero attached hydrogens (tertiary/aromatic N) is 3. The van der Waals surface area contributed by atoms with E-state index < -0.39 is 0 Å². The first-order valence-corrected chi connectivity index (χ1v) is 2.54. The van der Waals surface area contributed by atoms with Crippen LogP contribution in [0.2, 0.25) is 0 Å². The minimum absolute atomic E-state index is 0.390. The quantitative estimate of drug-likeness (QED) is 0.542. The topological polar surface area (TPSA) is 49.6 Å². The van der Waals surface area contributed by atoms with Crippen LogP contribution in [-0.4, -0.2) is 9.97 Å². The highest BCUT2D eigenvalue weighted by atomic mass is 14.8. The molecule has 0 unspecified atom stereocenters. The van der Waals surface area contributed by atoms with Crippen molar-refractivity contribution in [1.29, 1.82) is 5.26 Å². The number of hydrogen-bond donors (Lipinski definition) is 0. The lowest BCUT2D eigenvalue weighted by molar-refractivity contribution is 1.09. The van der Waals surface area contributed by atoms with Crippen LogP contribution in [0, 0.1) is 11.3 Å². The Bertz CT molecular complexity index is 211. The predicted molar refractivity (Wildman–Crippen MR) is 31.3 cm³/mol. The molecule has 0 atom stereocenters. The van der Waals surface area contributed by atoms with Gasteiger partial charge < -0.3 is 0 Å². The van der Waals surface area contributed by atoms with Crippen molar-refractivity contribution in [1.82, 2.24) is 9.97 Å². The van der Waals surface area contributed by atoms with Gasteiger partial charge in [-0.2, -0.15) is 5.26 Å². The Kier molecular flexibility index (Phi) is 1.76. The lowest BCUT2D eigenvalue weighted by atomic mass is 10.3. The van der Waals surface area contributed by atoms with Gasteiger partial charge in [-0.05, 0) is 0 Å². The van der Waals surface area contributed by atoms with Gasteiger partial charge in [-0.15, -0.1) is 0 Å². The van der Waals surface area contributed by atoms with Crippen molar-refractivity contribution in [3.63, 3.8) is 0 Å². The third kappa shape index (κ3) is 1.50. The molecule has 0 aliphatic carbocycles. The van der Waals surface area contributed by atoms with Gasteiger partial charge in [0.05, 0.1) is 12.5 Å². The second-order valence-electron chi connectivity index (χ2n) is 1.58. The molecule has 1 heterocycles. The summed E-state index contributed by atoms with van der Waals surface area (Å²) in [7, 11) is 0. The molecule has 0 amide bonds. The van der Waals surface area contributed by atoms with Crippen LogP contribution in [0.4, 0.5) is 0 Å². The lowest BCUT2D eigenvalue weighted by Gasteiger charge is -1.86. The van der Waals surface area contributed by atoms with Gasteiger partial charge in [0.25, 0.3) is 0 Å². The largest absolute Gasteiger partial charge is 0.245 e. The Morgan fingerprint density at radius 2 is 2.11 bits per heavy atom. The summed E-state index contributed by atoms with van der Waals surface area (Å²) in [5.41, 5.74) is 0.861. The second-order valence-corrected chi connectivity index (χ2v) is 1.58. The van der Waals surface area contributed by atoms with Crippen LogP contribution in [0.3, 0.4) is 0 Å². The smallest absolute Gasteiger partial charge is 0.115 e. The summed E-state index contributed by atoms with van der Waals surface area (Å²) in [4.78, 5) is 7.48. The van der Waals surface area contributed by atoms with Gasteiger partial charge in [-0.25, -0.2) is 9.97 Å². The maximum Gasteiger partial charge on any atom is 0.115 e. The summed E-state index contributed by atoms with van der Waals surface area (Å²) < 4.78 is 0. The van der Waals surface area contributed by atoms with Gasteiger partial charge in [0.1, 0.15) is 6.33 Å². The molecule has 0 fully saturated rings. The molecular weight excluding hydrogens is 114 g/mol. The standard InChI is InChI=1S/C6H5N3/c7-2-1-6-3-8-5-9-4-6/h3-5H,1H2. The van der Waals surface area contributed by atoms with Gasteiger partial charge in [-0.3, -0.25) is 0 Å². The van der Waals surface area contributed by atoms with E-state index >= 15 is 0 Å². The zero-order chi connectivity index (χ0) is 6.53. The van der Waals surface area contributed by atoms with E-state index in [0.29, 0.717) is 6.42 Å². The highest BCUT2D eigenvalue weighted by Gasteiger charge is 1.86. The summed E-state index contributed by atoms with van der Waals surface area (Å²) in [5, 5.41) is 8.21. The fraction of sp³-hybridized carbons (Fsp3) is 0.167. The van der Waals surface area contributed by atoms with Crippen LogP contribution in [0.25, 0.3) is 0 Å². The maximum atomic E-state index is 8.21. The van der Waals surface area contributed by atoms with Crippen molar-refractivity contribution in [2.24, 2.45) is 0 Å². The van der Waals surface area contributed by atoms with Crippen molar-refractivity contribution in [3.8, 4) is 6.07 Å². The van der Waals surface area contributed by atoms with Gasteiger partial charge in [0.15, 0.2) is 0 Å². The highest BCUT2D eigenvalue weighted by Crippen LogP contribution is 1.91. The molecule has 0 radical (unpaired) electrons. The van der Waals surface area contributed by atoms with Crippen molar-refractivity contribution in [3.05, 3.63) is 24.3 Å². The van der Waals surface area contributed by atoms with E-state index in [4.69, 9.17) is 5.26 Å². The van der Waals surface area contributed by atoms with Crippen LogP contribution in [0.1, 0.15) is 5.56 Å². The molecule has 0 aliphatic heterocycles. The molecule has 1 rings (SSSR count). The van der Waals surface area contributed by atoms with Crippen LogP contribution >= 0.6 is 0 Å². The highest BCUT2D eigenvalue weighted by molar-refractivity contribution is 5.07. The predicted octanol–water partition coefficient (Wildman–Crippen LogP) is 0.543. The number of aromatic nitrogens is 2. The Hall–Kier alpha value is -1.43. The lowest BCUT2D eigenvalue weighted by Crippen LogP contribution is -1.83. The minimum Gasteiger partial charge on any atom is -0.245 e. The average molecular weight is 119 g/mol. The average Bonchev–Trinajstić information content (AvgIpc) is 1.91. The van der Waals surface area contributed by atoms with Crippen molar-refractivity contribution in [2.75, 3.05) is 0 Å². The first-order valence-electron chi connectivity index (χ1n) is 2.54. The van der Waals surface area contributed by atoms with Crippen LogP contribution in [0.15, 0.2) is 18.7 Å².